The van der Waals surface area contributed by atoms with Gasteiger partial charge in [-0.25, -0.2) is 18.0 Å². The van der Waals surface area contributed by atoms with Crippen molar-refractivity contribution in [3.63, 3.8) is 0 Å². The molecule has 1 aliphatic rings. The minimum absolute atomic E-state index is 0.00934. The van der Waals surface area contributed by atoms with Crippen molar-refractivity contribution in [3.05, 3.63) is 46.5 Å². The van der Waals surface area contributed by atoms with Gasteiger partial charge in [-0.1, -0.05) is 0 Å². The van der Waals surface area contributed by atoms with Gasteiger partial charge in [-0.15, -0.1) is 0 Å². The molecule has 2 aromatic rings. The molecule has 1 aliphatic heterocycles. The van der Waals surface area contributed by atoms with Crippen LogP contribution in [0.4, 0.5) is 0 Å². The van der Waals surface area contributed by atoms with Gasteiger partial charge in [0, 0.05) is 0 Å². The van der Waals surface area contributed by atoms with E-state index in [2.05, 4.69) is 0 Å². The number of carbonyl (C=O) groups excluding carboxylic acids is 2. The predicted octanol–water partition coefficient (Wildman–Crippen LogP) is 1.84. The molecule has 2 aromatic carbocycles. The molecule has 0 unspecified atom stereocenters. The molecule has 0 saturated heterocycles. The molecule has 0 saturated carbocycles. The summed E-state index contributed by atoms with van der Waals surface area (Å²) in [5.41, 5.74) is 1.62. The number of hydrogen-bond donors (Lipinski definition) is 0. The van der Waals surface area contributed by atoms with Crippen molar-refractivity contribution < 1.29 is 27.5 Å². The van der Waals surface area contributed by atoms with E-state index in [1.54, 1.807) is 12.1 Å². The molecule has 0 amide bonds. The Balaban J connectivity index is 2.26. The molecule has 0 atom stereocenters. The Bertz CT molecular complexity index is 872. The Labute approximate surface area is 132 Å². The SMILES string of the molecule is COC(=O)c1cc2cc3c(cc2cc1C(=O)OC)CS(=O)(=O)C3. The van der Waals surface area contributed by atoms with Crippen molar-refractivity contribution in [1.29, 1.82) is 0 Å². The zero-order valence-electron chi connectivity index (χ0n) is 12.6. The van der Waals surface area contributed by atoms with Gasteiger partial charge in [0.1, 0.15) is 0 Å². The fourth-order valence-electron chi connectivity index (χ4n) is 2.80. The van der Waals surface area contributed by atoms with Gasteiger partial charge in [0.2, 0.25) is 0 Å². The number of methoxy groups -OCH3 is 2. The second-order valence-corrected chi connectivity index (χ2v) is 7.45. The maximum absolute atomic E-state index is 11.9. The summed E-state index contributed by atoms with van der Waals surface area (Å²) in [4.78, 5) is 23.8. The van der Waals surface area contributed by atoms with E-state index >= 15 is 0 Å². The fourth-order valence-corrected chi connectivity index (χ4v) is 4.38. The molecular formula is C16H14O6S. The highest BCUT2D eigenvalue weighted by atomic mass is 32.2. The van der Waals surface area contributed by atoms with Crippen LogP contribution in [0.25, 0.3) is 10.8 Å². The Hall–Kier alpha value is -2.41. The zero-order valence-corrected chi connectivity index (χ0v) is 13.4. The first-order valence-electron chi connectivity index (χ1n) is 6.81. The van der Waals surface area contributed by atoms with Crippen LogP contribution in [0.15, 0.2) is 24.3 Å². The van der Waals surface area contributed by atoms with Gasteiger partial charge in [-0.05, 0) is 46.2 Å². The second kappa shape index (κ2) is 5.34. The maximum atomic E-state index is 11.9. The van der Waals surface area contributed by atoms with Gasteiger partial charge in [0.25, 0.3) is 0 Å². The lowest BCUT2D eigenvalue weighted by Gasteiger charge is -2.10. The first kappa shape index (κ1) is 15.5. The normalized spacial score (nSPS) is 15.2. The number of sulfone groups is 1. The van der Waals surface area contributed by atoms with Crippen LogP contribution in [-0.2, 0) is 30.8 Å². The number of rotatable bonds is 2. The maximum Gasteiger partial charge on any atom is 0.338 e. The van der Waals surface area contributed by atoms with Crippen molar-refractivity contribution >= 4 is 32.5 Å². The Morgan fingerprint density at radius 3 is 1.57 bits per heavy atom. The standard InChI is InChI=1S/C16H14O6S/c1-21-15(17)13-5-9-3-11-7-23(19,20)8-12(11)4-10(9)6-14(13)16(18)22-2/h3-6H,7-8H2,1-2H3. The van der Waals surface area contributed by atoms with Crippen molar-refractivity contribution in [1.82, 2.24) is 0 Å². The topological polar surface area (TPSA) is 86.7 Å². The van der Waals surface area contributed by atoms with E-state index in [9.17, 15) is 18.0 Å². The average Bonchev–Trinajstić information content (AvgIpc) is 2.82. The Kier molecular flexibility index (Phi) is 3.60. The van der Waals surface area contributed by atoms with E-state index < -0.39 is 21.8 Å². The Morgan fingerprint density at radius 2 is 1.22 bits per heavy atom. The van der Waals surface area contributed by atoms with E-state index in [1.807, 2.05) is 0 Å². The van der Waals surface area contributed by atoms with E-state index in [0.29, 0.717) is 10.8 Å². The number of fused-ring (bicyclic) bond motifs is 2. The van der Waals surface area contributed by atoms with Crippen LogP contribution in [-0.4, -0.2) is 34.6 Å². The lowest BCUT2D eigenvalue weighted by Crippen LogP contribution is -2.11. The molecule has 6 nitrogen and oxygen atoms in total. The molecular weight excluding hydrogens is 320 g/mol. The van der Waals surface area contributed by atoms with Gasteiger partial charge < -0.3 is 9.47 Å². The predicted molar refractivity (Wildman–Crippen MR) is 83.0 cm³/mol. The molecule has 0 aliphatic carbocycles. The second-order valence-electron chi connectivity index (χ2n) is 5.38. The van der Waals surface area contributed by atoms with Crippen LogP contribution in [0, 0.1) is 0 Å². The molecule has 120 valence electrons. The van der Waals surface area contributed by atoms with Crippen LogP contribution in [0.5, 0.6) is 0 Å². The molecule has 0 N–H and O–H groups in total. The molecule has 7 heteroatoms. The van der Waals surface area contributed by atoms with Crippen molar-refractivity contribution in [2.45, 2.75) is 11.5 Å². The first-order valence-corrected chi connectivity index (χ1v) is 8.63. The van der Waals surface area contributed by atoms with Crippen LogP contribution in [0.3, 0.4) is 0 Å². The van der Waals surface area contributed by atoms with Gasteiger partial charge >= 0.3 is 11.9 Å². The zero-order chi connectivity index (χ0) is 16.8. The van der Waals surface area contributed by atoms with Crippen LogP contribution in [0.2, 0.25) is 0 Å². The summed E-state index contributed by atoms with van der Waals surface area (Å²) >= 11 is 0. The number of ether oxygens (including phenoxy) is 2. The highest BCUT2D eigenvalue weighted by Gasteiger charge is 2.26. The number of hydrogen-bond acceptors (Lipinski definition) is 6. The van der Waals surface area contributed by atoms with Crippen LogP contribution >= 0.6 is 0 Å². The van der Waals surface area contributed by atoms with Gasteiger partial charge in [0.15, 0.2) is 9.84 Å². The van der Waals surface area contributed by atoms with E-state index in [0.717, 1.165) is 11.1 Å². The van der Waals surface area contributed by atoms with Crippen molar-refractivity contribution in [2.24, 2.45) is 0 Å². The highest BCUT2D eigenvalue weighted by Crippen LogP contribution is 2.31. The summed E-state index contributed by atoms with van der Waals surface area (Å²) in [5, 5.41) is 1.35. The van der Waals surface area contributed by atoms with Gasteiger partial charge in [0.05, 0.1) is 36.9 Å². The lowest BCUT2D eigenvalue weighted by molar-refractivity contribution is 0.0555. The first-order chi connectivity index (χ1) is 10.8. The number of esters is 2. The lowest BCUT2D eigenvalue weighted by atomic mass is 9.97. The van der Waals surface area contributed by atoms with E-state index in [1.165, 1.54) is 26.4 Å². The molecule has 0 radical (unpaired) electrons. The molecule has 3 rings (SSSR count). The quantitative estimate of drug-likeness (QED) is 0.779. The molecule has 0 spiro atoms. The van der Waals surface area contributed by atoms with Gasteiger partial charge in [-0.2, -0.15) is 0 Å². The fraction of sp³-hybridized carbons (Fsp3) is 0.250. The van der Waals surface area contributed by atoms with E-state index in [-0.39, 0.29) is 22.6 Å². The monoisotopic (exact) mass is 334 g/mol. The summed E-state index contributed by atoms with van der Waals surface area (Å²) in [5.74, 6) is -1.32. The smallest absolute Gasteiger partial charge is 0.338 e. The largest absolute Gasteiger partial charge is 0.465 e. The summed E-state index contributed by atoms with van der Waals surface area (Å²) in [7, 11) is -0.679. The Morgan fingerprint density at radius 1 is 0.826 bits per heavy atom. The van der Waals surface area contributed by atoms with E-state index in [4.69, 9.17) is 9.47 Å². The minimum Gasteiger partial charge on any atom is -0.465 e. The molecule has 0 bridgehead atoms. The average molecular weight is 334 g/mol. The number of benzene rings is 2. The van der Waals surface area contributed by atoms with Crippen molar-refractivity contribution in [3.8, 4) is 0 Å². The summed E-state index contributed by atoms with van der Waals surface area (Å²) in [6, 6.07) is 6.53. The third-order valence-electron chi connectivity index (χ3n) is 3.86. The van der Waals surface area contributed by atoms with Crippen molar-refractivity contribution in [2.75, 3.05) is 14.2 Å². The number of carbonyl (C=O) groups is 2. The van der Waals surface area contributed by atoms with Crippen LogP contribution < -0.4 is 0 Å². The molecule has 1 heterocycles. The molecule has 0 fully saturated rings. The summed E-state index contributed by atoms with van der Waals surface area (Å²) in [6.45, 7) is 0. The molecule has 0 aromatic heterocycles. The third kappa shape index (κ3) is 2.68. The molecule has 23 heavy (non-hydrogen) atoms. The minimum atomic E-state index is -3.13. The summed E-state index contributed by atoms with van der Waals surface area (Å²) < 4.78 is 32.9. The third-order valence-corrected chi connectivity index (χ3v) is 5.36. The summed E-state index contributed by atoms with van der Waals surface area (Å²) in [6.07, 6.45) is 0. The highest BCUT2D eigenvalue weighted by molar-refractivity contribution is 7.90. The van der Waals surface area contributed by atoms with Crippen LogP contribution in [0.1, 0.15) is 31.8 Å². The van der Waals surface area contributed by atoms with Gasteiger partial charge in [-0.3, -0.25) is 0 Å².